The molecule has 0 unspecified atom stereocenters. The Labute approximate surface area is 138 Å². The van der Waals surface area contributed by atoms with Crippen LogP contribution in [0.5, 0.6) is 0 Å². The predicted molar refractivity (Wildman–Crippen MR) is 96.7 cm³/mol. The highest BCUT2D eigenvalue weighted by Crippen LogP contribution is 2.34. The molecule has 3 heteroatoms. The van der Waals surface area contributed by atoms with Crippen LogP contribution in [0, 0.1) is 0 Å². The van der Waals surface area contributed by atoms with Crippen molar-refractivity contribution in [2.45, 2.75) is 51.9 Å². The van der Waals surface area contributed by atoms with E-state index in [9.17, 15) is 0 Å². The van der Waals surface area contributed by atoms with E-state index in [1.165, 1.54) is 42.4 Å². The zero-order chi connectivity index (χ0) is 16.1. The van der Waals surface area contributed by atoms with E-state index >= 15 is 0 Å². The Bertz CT molecular complexity index is 687. The van der Waals surface area contributed by atoms with Gasteiger partial charge in [0.1, 0.15) is 0 Å². The zero-order valence-corrected chi connectivity index (χ0v) is 13.9. The van der Waals surface area contributed by atoms with Crippen molar-refractivity contribution in [2.75, 3.05) is 5.73 Å². The molecular formula is C20H25N3. The fourth-order valence-electron chi connectivity index (χ4n) is 3.19. The summed E-state index contributed by atoms with van der Waals surface area (Å²) in [6.07, 6.45) is 8.16. The van der Waals surface area contributed by atoms with Crippen LogP contribution >= 0.6 is 0 Å². The fourth-order valence-corrected chi connectivity index (χ4v) is 3.19. The molecule has 2 N–H and O–H groups in total. The number of benzene rings is 2. The summed E-state index contributed by atoms with van der Waals surface area (Å²) in [5.74, 6) is 0. The molecule has 3 rings (SSSR count). The second-order valence-corrected chi connectivity index (χ2v) is 6.31. The Hall–Kier alpha value is -2.16. The summed E-state index contributed by atoms with van der Waals surface area (Å²) in [4.78, 5) is 0. The molecule has 2 aromatic rings. The van der Waals surface area contributed by atoms with Gasteiger partial charge in [0.25, 0.3) is 0 Å². The first kappa shape index (κ1) is 15.7. The standard InChI is InChI=1S/C20H25N3/c1-2-3-6-15-9-11-16(12-10-15)22-23-20-14-13-19(21)17-7-4-5-8-18(17)20/h9-14H,2-8,21H2,1H3. The third-order valence-electron chi connectivity index (χ3n) is 4.57. The summed E-state index contributed by atoms with van der Waals surface area (Å²) in [5, 5.41) is 8.91. The molecule has 0 atom stereocenters. The Kier molecular flexibility index (Phi) is 5.06. The minimum atomic E-state index is 0.902. The van der Waals surface area contributed by atoms with Gasteiger partial charge >= 0.3 is 0 Å². The van der Waals surface area contributed by atoms with Gasteiger partial charge in [-0.2, -0.15) is 10.2 Å². The number of aryl methyl sites for hydroxylation is 1. The Morgan fingerprint density at radius 2 is 1.65 bits per heavy atom. The number of unbranched alkanes of at least 4 members (excludes halogenated alkanes) is 1. The number of hydrogen-bond acceptors (Lipinski definition) is 3. The molecule has 0 fully saturated rings. The van der Waals surface area contributed by atoms with E-state index in [1.807, 2.05) is 12.1 Å². The van der Waals surface area contributed by atoms with Crippen molar-refractivity contribution < 1.29 is 0 Å². The molecule has 0 radical (unpaired) electrons. The van der Waals surface area contributed by atoms with Gasteiger partial charge in [-0.25, -0.2) is 0 Å². The summed E-state index contributed by atoms with van der Waals surface area (Å²) < 4.78 is 0. The van der Waals surface area contributed by atoms with Crippen molar-refractivity contribution in [3.63, 3.8) is 0 Å². The van der Waals surface area contributed by atoms with E-state index in [4.69, 9.17) is 5.73 Å². The maximum absolute atomic E-state index is 6.10. The number of anilines is 1. The molecule has 0 aromatic heterocycles. The zero-order valence-electron chi connectivity index (χ0n) is 13.9. The van der Waals surface area contributed by atoms with Crippen LogP contribution in [-0.4, -0.2) is 0 Å². The molecule has 1 aliphatic carbocycles. The van der Waals surface area contributed by atoms with Crippen molar-refractivity contribution in [3.05, 3.63) is 53.1 Å². The first-order valence-electron chi connectivity index (χ1n) is 8.69. The molecule has 1 aliphatic rings. The molecule has 0 bridgehead atoms. The second-order valence-electron chi connectivity index (χ2n) is 6.31. The summed E-state index contributed by atoms with van der Waals surface area (Å²) in [6, 6.07) is 12.4. The van der Waals surface area contributed by atoms with Crippen LogP contribution in [0.25, 0.3) is 0 Å². The predicted octanol–water partition coefficient (Wildman–Crippen LogP) is 5.91. The summed E-state index contributed by atoms with van der Waals surface area (Å²) >= 11 is 0. The SMILES string of the molecule is CCCCc1ccc(N=Nc2ccc(N)c3c2CCCC3)cc1. The third-order valence-corrected chi connectivity index (χ3v) is 4.57. The maximum atomic E-state index is 6.10. The first-order chi connectivity index (χ1) is 11.3. The van der Waals surface area contributed by atoms with Crippen LogP contribution in [0.1, 0.15) is 49.3 Å². The largest absolute Gasteiger partial charge is 0.398 e. The monoisotopic (exact) mass is 307 g/mol. The minimum Gasteiger partial charge on any atom is -0.398 e. The van der Waals surface area contributed by atoms with Crippen molar-refractivity contribution >= 4 is 17.1 Å². The number of fused-ring (bicyclic) bond motifs is 1. The van der Waals surface area contributed by atoms with E-state index in [1.54, 1.807) is 0 Å². The Morgan fingerprint density at radius 1 is 0.913 bits per heavy atom. The average molecular weight is 307 g/mol. The van der Waals surface area contributed by atoms with Crippen molar-refractivity contribution in [1.29, 1.82) is 0 Å². The van der Waals surface area contributed by atoms with Crippen LogP contribution in [0.15, 0.2) is 46.6 Å². The number of nitrogens with two attached hydrogens (primary N) is 1. The quantitative estimate of drug-likeness (QED) is 0.542. The normalized spacial score (nSPS) is 14.1. The highest BCUT2D eigenvalue weighted by Gasteiger charge is 2.15. The summed E-state index contributed by atoms with van der Waals surface area (Å²) in [5.41, 5.74) is 12.8. The fraction of sp³-hybridized carbons (Fsp3) is 0.400. The molecule has 0 saturated heterocycles. The molecule has 3 nitrogen and oxygen atoms in total. The van der Waals surface area contributed by atoms with E-state index in [-0.39, 0.29) is 0 Å². The lowest BCUT2D eigenvalue weighted by Gasteiger charge is -2.18. The number of rotatable bonds is 5. The van der Waals surface area contributed by atoms with Gasteiger partial charge in [-0.15, -0.1) is 0 Å². The van der Waals surface area contributed by atoms with Gasteiger partial charge in [0, 0.05) is 5.69 Å². The molecule has 120 valence electrons. The second kappa shape index (κ2) is 7.40. The molecule has 0 spiro atoms. The highest BCUT2D eigenvalue weighted by atomic mass is 15.1. The Morgan fingerprint density at radius 3 is 2.39 bits per heavy atom. The van der Waals surface area contributed by atoms with Gasteiger partial charge in [0.05, 0.1) is 11.4 Å². The summed E-state index contributed by atoms with van der Waals surface area (Å²) in [6.45, 7) is 2.22. The van der Waals surface area contributed by atoms with Gasteiger partial charge in [0.2, 0.25) is 0 Å². The molecule has 0 aliphatic heterocycles. The van der Waals surface area contributed by atoms with E-state index < -0.39 is 0 Å². The lowest BCUT2D eigenvalue weighted by molar-refractivity contribution is 0.687. The highest BCUT2D eigenvalue weighted by molar-refractivity contribution is 5.62. The molecule has 2 aromatic carbocycles. The first-order valence-corrected chi connectivity index (χ1v) is 8.69. The van der Waals surface area contributed by atoms with Gasteiger partial charge in [-0.05, 0) is 79.5 Å². The van der Waals surface area contributed by atoms with Gasteiger partial charge in [0.15, 0.2) is 0 Å². The van der Waals surface area contributed by atoms with E-state index in [0.29, 0.717) is 0 Å². The van der Waals surface area contributed by atoms with Crippen LogP contribution < -0.4 is 5.73 Å². The lowest BCUT2D eigenvalue weighted by Crippen LogP contribution is -2.06. The van der Waals surface area contributed by atoms with Crippen molar-refractivity contribution in [3.8, 4) is 0 Å². The molecule has 0 amide bonds. The van der Waals surface area contributed by atoms with E-state index in [2.05, 4.69) is 41.4 Å². The molecular weight excluding hydrogens is 282 g/mol. The van der Waals surface area contributed by atoms with Crippen LogP contribution in [-0.2, 0) is 19.3 Å². The minimum absolute atomic E-state index is 0.902. The summed E-state index contributed by atoms with van der Waals surface area (Å²) in [7, 11) is 0. The number of azo groups is 1. The van der Waals surface area contributed by atoms with Gasteiger partial charge in [-0.1, -0.05) is 25.5 Å². The lowest BCUT2D eigenvalue weighted by atomic mass is 9.89. The van der Waals surface area contributed by atoms with Gasteiger partial charge in [-0.3, -0.25) is 0 Å². The Balaban J connectivity index is 1.78. The molecule has 23 heavy (non-hydrogen) atoms. The number of nitrogens with zero attached hydrogens (tertiary/aromatic N) is 2. The molecule has 0 saturated carbocycles. The average Bonchev–Trinajstić information content (AvgIpc) is 2.60. The van der Waals surface area contributed by atoms with Gasteiger partial charge < -0.3 is 5.73 Å². The van der Waals surface area contributed by atoms with Crippen molar-refractivity contribution in [1.82, 2.24) is 0 Å². The van der Waals surface area contributed by atoms with E-state index in [0.717, 1.165) is 36.3 Å². The number of nitrogen functional groups attached to an aromatic ring is 1. The maximum Gasteiger partial charge on any atom is 0.0893 e. The number of hydrogen-bond donors (Lipinski definition) is 1. The smallest absolute Gasteiger partial charge is 0.0893 e. The van der Waals surface area contributed by atoms with Crippen LogP contribution in [0.3, 0.4) is 0 Å². The topological polar surface area (TPSA) is 50.7 Å². The molecule has 0 heterocycles. The van der Waals surface area contributed by atoms with Crippen LogP contribution in [0.4, 0.5) is 17.1 Å². The van der Waals surface area contributed by atoms with Crippen LogP contribution in [0.2, 0.25) is 0 Å². The third kappa shape index (κ3) is 3.79. The van der Waals surface area contributed by atoms with Crippen molar-refractivity contribution in [2.24, 2.45) is 10.2 Å².